The fourth-order valence-electron chi connectivity index (χ4n) is 7.75. The van der Waals surface area contributed by atoms with E-state index in [-0.39, 0.29) is 0 Å². The smallest absolute Gasteiger partial charge is 0.164 e. The highest BCUT2D eigenvalue weighted by Gasteiger charge is 2.15. The van der Waals surface area contributed by atoms with Crippen LogP contribution in [0, 0.1) is 0 Å². The highest BCUT2D eigenvalue weighted by molar-refractivity contribution is 5.85. The van der Waals surface area contributed by atoms with E-state index in [1.54, 1.807) is 0 Å². The van der Waals surface area contributed by atoms with Crippen LogP contribution in [0.5, 0.6) is 0 Å². The molecule has 10 aromatic rings. The summed E-state index contributed by atoms with van der Waals surface area (Å²) in [4.78, 5) is 19.9. The van der Waals surface area contributed by atoms with Gasteiger partial charge in [0.25, 0.3) is 0 Å². The molecule has 0 spiro atoms. The second-order valence-corrected chi connectivity index (χ2v) is 14.6. The third-order valence-electron chi connectivity index (χ3n) is 10.9. The minimum Gasteiger partial charge on any atom is -0.296 e. The van der Waals surface area contributed by atoms with Gasteiger partial charge in [0.2, 0.25) is 0 Å². The average Bonchev–Trinajstić information content (AvgIpc) is 3.70. The van der Waals surface area contributed by atoms with Crippen LogP contribution in [0.1, 0.15) is 12.7 Å². The first-order valence-corrected chi connectivity index (χ1v) is 20.0. The summed E-state index contributed by atoms with van der Waals surface area (Å²) in [6.45, 7) is 2.16. The molecule has 5 heteroatoms. The van der Waals surface area contributed by atoms with Crippen LogP contribution in [0.15, 0.2) is 206 Å². The quantitative estimate of drug-likeness (QED) is 0.147. The molecule has 0 fully saturated rings. The molecule has 0 unspecified atom stereocenters. The van der Waals surface area contributed by atoms with Crippen LogP contribution < -0.4 is 0 Å². The molecule has 0 radical (unpaired) electrons. The molecule has 10 rings (SSSR count). The SMILES string of the molecule is CCc1nc2ccc(-c3ccccc3)cc2n1-c1ccc(-c2ccc(-c3ccc(-c4nc(-c5ccccc5)nc(-c5cccc(-c6ccccc6)c5)n4)cc3)cc2)cc1. The first-order valence-electron chi connectivity index (χ1n) is 20.0. The van der Waals surface area contributed by atoms with Crippen molar-refractivity contribution in [3.63, 3.8) is 0 Å². The molecule has 0 saturated heterocycles. The van der Waals surface area contributed by atoms with E-state index in [1.165, 1.54) is 11.1 Å². The molecule has 2 heterocycles. The highest BCUT2D eigenvalue weighted by Crippen LogP contribution is 2.32. The Labute approximate surface area is 344 Å². The molecule has 0 saturated carbocycles. The Balaban J connectivity index is 0.915. The number of fused-ring (bicyclic) bond motifs is 1. The number of imidazole rings is 1. The van der Waals surface area contributed by atoms with Crippen molar-refractivity contribution in [2.24, 2.45) is 0 Å². The molecule has 2 aromatic heterocycles. The van der Waals surface area contributed by atoms with Gasteiger partial charge in [0.1, 0.15) is 5.82 Å². The van der Waals surface area contributed by atoms with Gasteiger partial charge < -0.3 is 0 Å². The zero-order valence-electron chi connectivity index (χ0n) is 32.6. The lowest BCUT2D eigenvalue weighted by atomic mass is 9.99. The topological polar surface area (TPSA) is 56.5 Å². The molecule has 8 aromatic carbocycles. The van der Waals surface area contributed by atoms with Gasteiger partial charge in [-0.3, -0.25) is 4.57 Å². The van der Waals surface area contributed by atoms with E-state index in [4.69, 9.17) is 19.9 Å². The standard InChI is InChI=1S/C54H39N5/c1-2-51-55-49-34-31-46(38-15-8-4-9-16-38)36-50(49)59(51)48-32-29-42(30-33-48)40-23-21-39(22-24-40)41-25-27-44(28-26-41)53-56-52(43-17-10-5-11-18-43)57-54(58-53)47-20-12-19-45(35-47)37-13-6-3-7-14-37/h3-36H,2H2,1H3. The summed E-state index contributed by atoms with van der Waals surface area (Å²) in [5.74, 6) is 2.97. The average molecular weight is 758 g/mol. The predicted octanol–water partition coefficient (Wildman–Crippen LogP) is 13.4. The van der Waals surface area contributed by atoms with Gasteiger partial charge in [-0.05, 0) is 74.8 Å². The molecular formula is C54H39N5. The minimum atomic E-state index is 0.635. The Morgan fingerprint density at radius 1 is 0.322 bits per heavy atom. The number of hydrogen-bond donors (Lipinski definition) is 0. The lowest BCUT2D eigenvalue weighted by molar-refractivity contribution is 0.908. The summed E-state index contributed by atoms with van der Waals surface area (Å²) in [7, 11) is 0. The van der Waals surface area contributed by atoms with Gasteiger partial charge in [-0.1, -0.05) is 183 Å². The van der Waals surface area contributed by atoms with Crippen molar-refractivity contribution in [2.45, 2.75) is 13.3 Å². The van der Waals surface area contributed by atoms with Crippen LogP contribution >= 0.6 is 0 Å². The Kier molecular flexibility index (Phi) is 9.45. The Morgan fingerprint density at radius 2 is 0.695 bits per heavy atom. The van der Waals surface area contributed by atoms with Gasteiger partial charge in [0.05, 0.1) is 11.0 Å². The van der Waals surface area contributed by atoms with Gasteiger partial charge in [-0.25, -0.2) is 19.9 Å². The van der Waals surface area contributed by atoms with Crippen LogP contribution in [0.4, 0.5) is 0 Å². The number of rotatable bonds is 9. The van der Waals surface area contributed by atoms with Gasteiger partial charge in [0.15, 0.2) is 17.5 Å². The van der Waals surface area contributed by atoms with Crippen molar-refractivity contribution < 1.29 is 0 Å². The summed E-state index contributed by atoms with van der Waals surface area (Å²) in [5.41, 5.74) is 15.3. The number of benzene rings is 8. The van der Waals surface area contributed by atoms with E-state index in [9.17, 15) is 0 Å². The Hall–Kier alpha value is -7.76. The second kappa shape index (κ2) is 15.6. The van der Waals surface area contributed by atoms with E-state index in [0.29, 0.717) is 17.5 Å². The van der Waals surface area contributed by atoms with Crippen molar-refractivity contribution in [3.05, 3.63) is 212 Å². The normalized spacial score (nSPS) is 11.2. The van der Waals surface area contributed by atoms with E-state index < -0.39 is 0 Å². The maximum atomic E-state index is 5.02. The van der Waals surface area contributed by atoms with E-state index in [1.807, 2.05) is 36.4 Å². The molecule has 0 bridgehead atoms. The van der Waals surface area contributed by atoms with Crippen LogP contribution in [0.2, 0.25) is 0 Å². The molecule has 59 heavy (non-hydrogen) atoms. The third-order valence-corrected chi connectivity index (χ3v) is 10.9. The highest BCUT2D eigenvalue weighted by atomic mass is 15.1. The van der Waals surface area contributed by atoms with Crippen molar-refractivity contribution in [3.8, 4) is 84.4 Å². The molecule has 0 N–H and O–H groups in total. The summed E-state index contributed by atoms with van der Waals surface area (Å²) in [6.07, 6.45) is 0.842. The van der Waals surface area contributed by atoms with Crippen molar-refractivity contribution in [1.82, 2.24) is 24.5 Å². The third kappa shape index (κ3) is 7.22. The molecule has 280 valence electrons. The number of aryl methyl sites for hydroxylation is 1. The number of hydrogen-bond acceptors (Lipinski definition) is 4. The summed E-state index contributed by atoms with van der Waals surface area (Å²) in [6, 6.07) is 72.0. The molecule has 0 amide bonds. The molecule has 0 atom stereocenters. The fourth-order valence-corrected chi connectivity index (χ4v) is 7.75. The van der Waals surface area contributed by atoms with E-state index >= 15 is 0 Å². The predicted molar refractivity (Wildman–Crippen MR) is 242 cm³/mol. The zero-order chi connectivity index (χ0) is 39.5. The molecule has 5 nitrogen and oxygen atoms in total. The zero-order valence-corrected chi connectivity index (χ0v) is 32.6. The van der Waals surface area contributed by atoms with Gasteiger partial charge in [0, 0.05) is 28.8 Å². The van der Waals surface area contributed by atoms with Crippen LogP contribution in [-0.4, -0.2) is 24.5 Å². The second-order valence-electron chi connectivity index (χ2n) is 14.6. The summed E-state index contributed by atoms with van der Waals surface area (Å²) in [5, 5.41) is 0. The van der Waals surface area contributed by atoms with Gasteiger partial charge in [-0.2, -0.15) is 0 Å². The molecule has 0 aliphatic carbocycles. The lowest BCUT2D eigenvalue weighted by Gasteiger charge is -2.11. The molecule has 0 aliphatic rings. The van der Waals surface area contributed by atoms with Crippen LogP contribution in [0.25, 0.3) is 95.4 Å². The summed E-state index contributed by atoms with van der Waals surface area (Å²) >= 11 is 0. The lowest BCUT2D eigenvalue weighted by Crippen LogP contribution is -2.00. The van der Waals surface area contributed by atoms with Gasteiger partial charge >= 0.3 is 0 Å². The number of aromatic nitrogens is 5. The maximum absolute atomic E-state index is 5.02. The number of nitrogens with zero attached hydrogens (tertiary/aromatic N) is 5. The minimum absolute atomic E-state index is 0.635. The van der Waals surface area contributed by atoms with Crippen molar-refractivity contribution in [1.29, 1.82) is 0 Å². The summed E-state index contributed by atoms with van der Waals surface area (Å²) < 4.78 is 2.29. The Bertz CT molecular complexity index is 3030. The van der Waals surface area contributed by atoms with Crippen LogP contribution in [-0.2, 0) is 6.42 Å². The van der Waals surface area contributed by atoms with Crippen LogP contribution in [0.3, 0.4) is 0 Å². The largest absolute Gasteiger partial charge is 0.296 e. The first-order chi connectivity index (χ1) is 29.2. The molecular weight excluding hydrogens is 719 g/mol. The maximum Gasteiger partial charge on any atom is 0.164 e. The van der Waals surface area contributed by atoms with Crippen molar-refractivity contribution in [2.75, 3.05) is 0 Å². The fraction of sp³-hybridized carbons (Fsp3) is 0.0370. The van der Waals surface area contributed by atoms with Crippen molar-refractivity contribution >= 4 is 11.0 Å². The van der Waals surface area contributed by atoms with E-state index in [0.717, 1.165) is 79.0 Å². The Morgan fingerprint density at radius 3 is 1.22 bits per heavy atom. The van der Waals surface area contributed by atoms with Gasteiger partial charge in [-0.15, -0.1) is 0 Å². The monoisotopic (exact) mass is 757 g/mol. The molecule has 0 aliphatic heterocycles. The van der Waals surface area contributed by atoms with E-state index in [2.05, 4.69) is 181 Å². The first kappa shape index (κ1) is 35.6.